The molecule has 100 valence electrons. The lowest BCUT2D eigenvalue weighted by molar-refractivity contribution is 0.572. The molecule has 0 unspecified atom stereocenters. The highest BCUT2D eigenvalue weighted by molar-refractivity contribution is 7.92. The van der Waals surface area contributed by atoms with E-state index in [1.165, 1.54) is 30.5 Å². The van der Waals surface area contributed by atoms with Crippen molar-refractivity contribution in [2.24, 2.45) is 0 Å². The van der Waals surface area contributed by atoms with Gasteiger partial charge in [0.15, 0.2) is 0 Å². The fourth-order valence-electron chi connectivity index (χ4n) is 1.45. The van der Waals surface area contributed by atoms with Gasteiger partial charge in [-0.05, 0) is 24.3 Å². The maximum atomic E-state index is 13.6. The minimum atomic E-state index is -4.12. The zero-order valence-corrected chi connectivity index (χ0v) is 11.0. The van der Waals surface area contributed by atoms with Crippen LogP contribution in [0.5, 0.6) is 0 Å². The van der Waals surface area contributed by atoms with Crippen LogP contribution in [0.25, 0.3) is 0 Å². The second kappa shape index (κ2) is 5.02. The van der Waals surface area contributed by atoms with E-state index < -0.39 is 20.7 Å². The number of benzene rings is 1. The van der Waals surface area contributed by atoms with E-state index in [9.17, 15) is 12.8 Å². The van der Waals surface area contributed by atoms with Gasteiger partial charge in [0.2, 0.25) is 0 Å². The first kappa shape index (κ1) is 13.6. The minimum Gasteiger partial charge on any atom is -0.398 e. The average Bonchev–Trinajstić information content (AvgIpc) is 2.31. The highest BCUT2D eigenvalue weighted by Crippen LogP contribution is 2.24. The molecular formula is C11H9ClFN3O2S. The maximum absolute atomic E-state index is 13.6. The quantitative estimate of drug-likeness (QED) is 0.672. The number of hydrogen-bond acceptors (Lipinski definition) is 4. The molecule has 1 aromatic carbocycles. The van der Waals surface area contributed by atoms with E-state index in [1.807, 2.05) is 0 Å². The van der Waals surface area contributed by atoms with Crippen molar-refractivity contribution in [3.63, 3.8) is 0 Å². The summed E-state index contributed by atoms with van der Waals surface area (Å²) >= 11 is 5.58. The number of rotatable bonds is 3. The molecule has 19 heavy (non-hydrogen) atoms. The highest BCUT2D eigenvalue weighted by Gasteiger charge is 2.22. The van der Waals surface area contributed by atoms with Gasteiger partial charge in [-0.2, -0.15) is 0 Å². The number of nitrogens with one attached hydrogen (secondary N) is 1. The number of hydrogen-bond donors (Lipinski definition) is 2. The second-order valence-corrected chi connectivity index (χ2v) is 5.64. The SMILES string of the molecule is Nc1cccc(F)c1S(=O)(=O)Nc1ccc(Cl)nc1. The van der Waals surface area contributed by atoms with Gasteiger partial charge in [0.25, 0.3) is 10.0 Å². The van der Waals surface area contributed by atoms with Crippen LogP contribution >= 0.6 is 11.6 Å². The normalized spacial score (nSPS) is 11.3. The Balaban J connectivity index is 2.41. The van der Waals surface area contributed by atoms with Gasteiger partial charge in [-0.3, -0.25) is 4.72 Å². The lowest BCUT2D eigenvalue weighted by Crippen LogP contribution is -2.16. The monoisotopic (exact) mass is 301 g/mol. The first-order chi connectivity index (χ1) is 8.90. The van der Waals surface area contributed by atoms with E-state index >= 15 is 0 Å². The smallest absolute Gasteiger partial charge is 0.266 e. The van der Waals surface area contributed by atoms with Crippen LogP contribution in [0.1, 0.15) is 0 Å². The van der Waals surface area contributed by atoms with E-state index in [2.05, 4.69) is 9.71 Å². The fraction of sp³-hybridized carbons (Fsp3) is 0. The molecular weight excluding hydrogens is 293 g/mol. The molecule has 8 heteroatoms. The molecule has 0 radical (unpaired) electrons. The van der Waals surface area contributed by atoms with Gasteiger partial charge in [-0.1, -0.05) is 17.7 Å². The number of nitrogen functional groups attached to an aromatic ring is 1. The summed E-state index contributed by atoms with van der Waals surface area (Å²) in [5.74, 6) is -0.922. The number of nitrogens with zero attached hydrogens (tertiary/aromatic N) is 1. The largest absolute Gasteiger partial charge is 0.398 e. The van der Waals surface area contributed by atoms with E-state index in [1.54, 1.807) is 0 Å². The maximum Gasteiger partial charge on any atom is 0.266 e. The summed E-state index contributed by atoms with van der Waals surface area (Å²) in [5, 5.41) is 0.216. The third-order valence-electron chi connectivity index (χ3n) is 2.25. The van der Waals surface area contributed by atoms with Crippen LogP contribution in [0.4, 0.5) is 15.8 Å². The van der Waals surface area contributed by atoms with E-state index in [0.717, 1.165) is 6.07 Å². The Morgan fingerprint density at radius 2 is 2.00 bits per heavy atom. The third kappa shape index (κ3) is 2.94. The molecule has 0 atom stereocenters. The zero-order chi connectivity index (χ0) is 14.0. The van der Waals surface area contributed by atoms with Crippen LogP contribution in [-0.2, 0) is 10.0 Å². The summed E-state index contributed by atoms with van der Waals surface area (Å²) in [5.41, 5.74) is 5.48. The van der Waals surface area contributed by atoms with Gasteiger partial charge < -0.3 is 5.73 Å². The molecule has 0 bridgehead atoms. The lowest BCUT2D eigenvalue weighted by atomic mass is 10.3. The van der Waals surface area contributed by atoms with Gasteiger partial charge in [0, 0.05) is 0 Å². The van der Waals surface area contributed by atoms with Gasteiger partial charge in [0.1, 0.15) is 15.9 Å². The minimum absolute atomic E-state index is 0.159. The van der Waals surface area contributed by atoms with Gasteiger partial charge in [-0.15, -0.1) is 0 Å². The summed E-state index contributed by atoms with van der Waals surface area (Å²) in [6.07, 6.45) is 1.22. The summed E-state index contributed by atoms with van der Waals surface area (Å²) in [7, 11) is -4.12. The predicted octanol–water partition coefficient (Wildman–Crippen LogP) is 2.26. The predicted molar refractivity (Wildman–Crippen MR) is 70.9 cm³/mol. The number of sulfonamides is 1. The van der Waals surface area contributed by atoms with E-state index in [0.29, 0.717) is 0 Å². The Morgan fingerprint density at radius 1 is 1.26 bits per heavy atom. The number of pyridine rings is 1. The number of halogens is 2. The first-order valence-electron chi connectivity index (χ1n) is 5.08. The molecule has 2 rings (SSSR count). The van der Waals surface area contributed by atoms with Crippen LogP contribution < -0.4 is 10.5 Å². The number of aromatic nitrogens is 1. The van der Waals surface area contributed by atoms with Crippen molar-refractivity contribution in [2.45, 2.75) is 4.90 Å². The molecule has 0 fully saturated rings. The van der Waals surface area contributed by atoms with E-state index in [4.69, 9.17) is 17.3 Å². The average molecular weight is 302 g/mol. The molecule has 2 aromatic rings. The van der Waals surface area contributed by atoms with Crippen molar-refractivity contribution in [3.8, 4) is 0 Å². The Kier molecular flexibility index (Phi) is 3.59. The van der Waals surface area contributed by atoms with Gasteiger partial charge >= 0.3 is 0 Å². The summed E-state index contributed by atoms with van der Waals surface area (Å²) < 4.78 is 39.8. The van der Waals surface area contributed by atoms with Crippen molar-refractivity contribution in [1.82, 2.24) is 4.98 Å². The molecule has 0 aliphatic carbocycles. The Hall–Kier alpha value is -1.86. The molecule has 0 saturated carbocycles. The number of anilines is 2. The molecule has 1 heterocycles. The van der Waals surface area contributed by atoms with Crippen molar-refractivity contribution >= 4 is 33.0 Å². The molecule has 0 spiro atoms. The van der Waals surface area contributed by atoms with Gasteiger partial charge in [0.05, 0.1) is 17.6 Å². The Morgan fingerprint density at radius 3 is 2.58 bits per heavy atom. The Labute approximate surface area is 114 Å². The molecule has 0 amide bonds. The van der Waals surface area contributed by atoms with Crippen molar-refractivity contribution in [3.05, 3.63) is 47.5 Å². The summed E-state index contributed by atoms with van der Waals surface area (Å²) in [6.45, 7) is 0. The lowest BCUT2D eigenvalue weighted by Gasteiger charge is -2.10. The van der Waals surface area contributed by atoms with Crippen LogP contribution in [0.15, 0.2) is 41.4 Å². The molecule has 0 aliphatic heterocycles. The topological polar surface area (TPSA) is 85.1 Å². The fourth-order valence-corrected chi connectivity index (χ4v) is 2.80. The number of nitrogens with two attached hydrogens (primary N) is 1. The van der Waals surface area contributed by atoms with Crippen LogP contribution in [0, 0.1) is 5.82 Å². The standard InChI is InChI=1S/C11H9ClFN3O2S/c12-10-5-4-7(6-15-10)16-19(17,18)11-8(13)2-1-3-9(11)14/h1-6,16H,14H2. The Bertz CT molecular complexity index is 684. The van der Waals surface area contributed by atoms with Crippen molar-refractivity contribution in [1.29, 1.82) is 0 Å². The molecule has 0 aliphatic rings. The molecule has 1 aromatic heterocycles. The molecule has 0 saturated heterocycles. The summed E-state index contributed by atoms with van der Waals surface area (Å²) in [4.78, 5) is 3.12. The van der Waals surface area contributed by atoms with Crippen molar-refractivity contribution < 1.29 is 12.8 Å². The highest BCUT2D eigenvalue weighted by atomic mass is 35.5. The van der Waals surface area contributed by atoms with E-state index in [-0.39, 0.29) is 16.5 Å². The summed E-state index contributed by atoms with van der Waals surface area (Å²) in [6, 6.07) is 6.46. The molecule has 3 N–H and O–H groups in total. The van der Waals surface area contributed by atoms with Crippen molar-refractivity contribution in [2.75, 3.05) is 10.5 Å². The first-order valence-corrected chi connectivity index (χ1v) is 6.94. The second-order valence-electron chi connectivity index (χ2n) is 3.63. The van der Waals surface area contributed by atoms with Gasteiger partial charge in [-0.25, -0.2) is 17.8 Å². The van der Waals surface area contributed by atoms with Crippen LogP contribution in [-0.4, -0.2) is 13.4 Å². The molecule has 5 nitrogen and oxygen atoms in total. The zero-order valence-electron chi connectivity index (χ0n) is 9.47. The van der Waals surface area contributed by atoms with Crippen LogP contribution in [0.3, 0.4) is 0 Å². The third-order valence-corrected chi connectivity index (χ3v) is 3.94. The van der Waals surface area contributed by atoms with Crippen LogP contribution in [0.2, 0.25) is 5.15 Å².